The highest BCUT2D eigenvalue weighted by molar-refractivity contribution is 7.98. The maximum Gasteiger partial charge on any atom is 0.155 e. The van der Waals surface area contributed by atoms with E-state index in [1.807, 2.05) is 17.8 Å². The lowest BCUT2D eigenvalue weighted by molar-refractivity contribution is -0.115. The van der Waals surface area contributed by atoms with Crippen molar-refractivity contribution in [1.29, 1.82) is 0 Å². The van der Waals surface area contributed by atoms with Crippen LogP contribution in [0.1, 0.15) is 26.2 Å². The standard InChI is InChI=1S/C10H16OS/c1-8-5-9(3-4-12-2)7-10(11)6-8/h7-8H,3-6H2,1-2H3. The molecule has 1 atom stereocenters. The number of thioether (sulfide) groups is 1. The van der Waals surface area contributed by atoms with E-state index in [1.165, 1.54) is 5.57 Å². The Kier molecular flexibility index (Phi) is 3.86. The van der Waals surface area contributed by atoms with Gasteiger partial charge in [-0.1, -0.05) is 12.5 Å². The molecule has 0 saturated heterocycles. The summed E-state index contributed by atoms with van der Waals surface area (Å²) in [6.07, 6.45) is 6.94. The summed E-state index contributed by atoms with van der Waals surface area (Å²) in [6, 6.07) is 0. The van der Waals surface area contributed by atoms with Crippen LogP contribution in [0.4, 0.5) is 0 Å². The van der Waals surface area contributed by atoms with Crippen molar-refractivity contribution in [2.45, 2.75) is 26.2 Å². The average Bonchev–Trinajstić information content (AvgIpc) is 1.99. The Morgan fingerprint density at radius 3 is 2.92 bits per heavy atom. The van der Waals surface area contributed by atoms with Crippen molar-refractivity contribution in [3.63, 3.8) is 0 Å². The Bertz CT molecular complexity index is 196. The zero-order chi connectivity index (χ0) is 8.97. The molecule has 0 amide bonds. The number of hydrogen-bond donors (Lipinski definition) is 0. The summed E-state index contributed by atoms with van der Waals surface area (Å²) < 4.78 is 0. The van der Waals surface area contributed by atoms with Crippen molar-refractivity contribution in [2.75, 3.05) is 12.0 Å². The number of allylic oxidation sites excluding steroid dienone is 2. The summed E-state index contributed by atoms with van der Waals surface area (Å²) in [5.74, 6) is 2.04. The third-order valence-corrected chi connectivity index (χ3v) is 2.77. The Hall–Kier alpha value is -0.240. The molecule has 0 spiro atoms. The molecule has 0 heterocycles. The van der Waals surface area contributed by atoms with E-state index in [0.717, 1.165) is 25.0 Å². The van der Waals surface area contributed by atoms with Crippen molar-refractivity contribution in [2.24, 2.45) is 5.92 Å². The fourth-order valence-corrected chi connectivity index (χ4v) is 2.08. The zero-order valence-corrected chi connectivity index (χ0v) is 8.62. The van der Waals surface area contributed by atoms with Gasteiger partial charge in [-0.2, -0.15) is 11.8 Å². The largest absolute Gasteiger partial charge is 0.295 e. The van der Waals surface area contributed by atoms with Crippen LogP contribution < -0.4 is 0 Å². The summed E-state index contributed by atoms with van der Waals surface area (Å²) in [7, 11) is 0. The molecule has 1 unspecified atom stereocenters. The lowest BCUT2D eigenvalue weighted by Crippen LogP contribution is -2.11. The number of hydrogen-bond acceptors (Lipinski definition) is 2. The predicted molar refractivity (Wildman–Crippen MR) is 54.5 cm³/mol. The molecule has 0 aromatic heterocycles. The van der Waals surface area contributed by atoms with Gasteiger partial charge >= 0.3 is 0 Å². The van der Waals surface area contributed by atoms with Crippen molar-refractivity contribution < 1.29 is 4.79 Å². The van der Waals surface area contributed by atoms with Crippen LogP contribution in [0, 0.1) is 5.92 Å². The molecule has 0 fully saturated rings. The van der Waals surface area contributed by atoms with Gasteiger partial charge in [-0.3, -0.25) is 4.79 Å². The van der Waals surface area contributed by atoms with Gasteiger partial charge in [-0.05, 0) is 36.8 Å². The van der Waals surface area contributed by atoms with Gasteiger partial charge in [0.15, 0.2) is 5.78 Å². The molecule has 0 aromatic carbocycles. The third-order valence-electron chi connectivity index (χ3n) is 2.15. The second-order valence-corrected chi connectivity index (χ2v) is 4.51. The first-order valence-corrected chi connectivity index (χ1v) is 5.83. The SMILES string of the molecule is CSCCC1=CC(=O)CC(C)C1. The molecular weight excluding hydrogens is 168 g/mol. The van der Waals surface area contributed by atoms with E-state index in [9.17, 15) is 4.79 Å². The minimum Gasteiger partial charge on any atom is -0.295 e. The minimum absolute atomic E-state index is 0.324. The maximum atomic E-state index is 11.2. The van der Waals surface area contributed by atoms with E-state index >= 15 is 0 Å². The van der Waals surface area contributed by atoms with E-state index in [1.54, 1.807) is 0 Å². The summed E-state index contributed by atoms with van der Waals surface area (Å²) in [6.45, 7) is 2.16. The van der Waals surface area contributed by atoms with E-state index < -0.39 is 0 Å². The van der Waals surface area contributed by atoms with Crippen LogP contribution in [0.3, 0.4) is 0 Å². The van der Waals surface area contributed by atoms with Crippen molar-refractivity contribution >= 4 is 17.5 Å². The molecule has 0 aromatic rings. The summed E-state index contributed by atoms with van der Waals surface area (Å²) >= 11 is 1.85. The zero-order valence-electron chi connectivity index (χ0n) is 7.80. The second kappa shape index (κ2) is 4.70. The van der Waals surface area contributed by atoms with Crippen LogP contribution in [0.2, 0.25) is 0 Å². The molecule has 0 bridgehead atoms. The topological polar surface area (TPSA) is 17.1 Å². The first-order valence-electron chi connectivity index (χ1n) is 4.43. The molecule has 0 aliphatic heterocycles. The van der Waals surface area contributed by atoms with Crippen molar-refractivity contribution in [1.82, 2.24) is 0 Å². The lowest BCUT2D eigenvalue weighted by Gasteiger charge is -2.17. The summed E-state index contributed by atoms with van der Waals surface area (Å²) in [5.41, 5.74) is 1.35. The highest BCUT2D eigenvalue weighted by Crippen LogP contribution is 2.24. The highest BCUT2D eigenvalue weighted by atomic mass is 32.2. The fourth-order valence-electron chi connectivity index (χ4n) is 1.62. The van der Waals surface area contributed by atoms with Crippen molar-refractivity contribution in [3.8, 4) is 0 Å². The Labute approximate surface area is 78.6 Å². The monoisotopic (exact) mass is 184 g/mol. The number of carbonyl (C=O) groups is 1. The lowest BCUT2D eigenvalue weighted by atomic mass is 9.88. The van der Waals surface area contributed by atoms with Crippen LogP contribution in [0.25, 0.3) is 0 Å². The number of carbonyl (C=O) groups excluding carboxylic acids is 1. The maximum absolute atomic E-state index is 11.2. The number of ketones is 1. The van der Waals surface area contributed by atoms with Gasteiger partial charge in [0, 0.05) is 6.42 Å². The Morgan fingerprint density at radius 2 is 2.33 bits per heavy atom. The van der Waals surface area contributed by atoms with Gasteiger partial charge < -0.3 is 0 Å². The molecular formula is C10H16OS. The molecule has 1 aliphatic carbocycles. The predicted octanol–water partition coefficient (Wildman–Crippen LogP) is 2.66. The average molecular weight is 184 g/mol. The van der Waals surface area contributed by atoms with Gasteiger partial charge in [0.25, 0.3) is 0 Å². The van der Waals surface area contributed by atoms with E-state index in [-0.39, 0.29) is 0 Å². The van der Waals surface area contributed by atoms with Gasteiger partial charge in [-0.25, -0.2) is 0 Å². The normalized spacial score (nSPS) is 24.0. The van der Waals surface area contributed by atoms with E-state index in [2.05, 4.69) is 13.2 Å². The van der Waals surface area contributed by atoms with Crippen LogP contribution in [0.5, 0.6) is 0 Å². The molecule has 1 rings (SSSR count). The first kappa shape index (κ1) is 9.85. The Morgan fingerprint density at radius 1 is 1.58 bits per heavy atom. The minimum atomic E-state index is 0.324. The molecule has 0 saturated carbocycles. The smallest absolute Gasteiger partial charge is 0.155 e. The van der Waals surface area contributed by atoms with Gasteiger partial charge in [0.05, 0.1) is 0 Å². The van der Waals surface area contributed by atoms with Gasteiger partial charge in [0.2, 0.25) is 0 Å². The van der Waals surface area contributed by atoms with Gasteiger partial charge in [0.1, 0.15) is 0 Å². The van der Waals surface area contributed by atoms with Crippen LogP contribution >= 0.6 is 11.8 Å². The van der Waals surface area contributed by atoms with Crippen molar-refractivity contribution in [3.05, 3.63) is 11.6 Å². The first-order chi connectivity index (χ1) is 5.72. The summed E-state index contributed by atoms with van der Waals surface area (Å²) in [5, 5.41) is 0. The van der Waals surface area contributed by atoms with Crippen LogP contribution in [0.15, 0.2) is 11.6 Å². The van der Waals surface area contributed by atoms with Crippen LogP contribution in [-0.4, -0.2) is 17.8 Å². The number of rotatable bonds is 3. The molecule has 12 heavy (non-hydrogen) atoms. The quantitative estimate of drug-likeness (QED) is 0.670. The van der Waals surface area contributed by atoms with Crippen LogP contribution in [-0.2, 0) is 4.79 Å². The third kappa shape index (κ3) is 3.02. The van der Waals surface area contributed by atoms with E-state index in [0.29, 0.717) is 11.7 Å². The van der Waals surface area contributed by atoms with E-state index in [4.69, 9.17) is 0 Å². The second-order valence-electron chi connectivity index (χ2n) is 3.53. The van der Waals surface area contributed by atoms with Gasteiger partial charge in [-0.15, -0.1) is 0 Å². The molecule has 2 heteroatoms. The molecule has 68 valence electrons. The summed E-state index contributed by atoms with van der Waals surface area (Å²) in [4.78, 5) is 11.2. The molecule has 1 nitrogen and oxygen atoms in total. The Balaban J connectivity index is 2.46. The molecule has 1 aliphatic rings. The highest BCUT2D eigenvalue weighted by Gasteiger charge is 2.15. The molecule has 0 radical (unpaired) electrons. The molecule has 0 N–H and O–H groups in total. The fraction of sp³-hybridized carbons (Fsp3) is 0.700.